The number of ether oxygens (including phenoxy) is 1. The summed E-state index contributed by atoms with van der Waals surface area (Å²) in [4.78, 5) is 15.5. The molecule has 5 heteroatoms. The van der Waals surface area contributed by atoms with Gasteiger partial charge in [0.1, 0.15) is 0 Å². The molecule has 2 aromatic rings. The molecule has 19 heavy (non-hydrogen) atoms. The van der Waals surface area contributed by atoms with Gasteiger partial charge in [-0.2, -0.15) is 0 Å². The number of hydrogen-bond donors (Lipinski definition) is 0. The van der Waals surface area contributed by atoms with Crippen LogP contribution in [0.25, 0.3) is 10.9 Å². The Labute approximate surface area is 109 Å². The van der Waals surface area contributed by atoms with Crippen molar-refractivity contribution in [3.05, 3.63) is 41.6 Å². The monoisotopic (exact) mass is 265 g/mol. The second-order valence-electron chi connectivity index (χ2n) is 4.39. The number of pyridine rings is 1. The van der Waals surface area contributed by atoms with Crippen molar-refractivity contribution < 1.29 is 18.3 Å². The van der Waals surface area contributed by atoms with Crippen LogP contribution in [0.4, 0.5) is 8.78 Å². The molecule has 0 aliphatic carbocycles. The summed E-state index contributed by atoms with van der Waals surface area (Å²) in [5.41, 5.74) is 1.00. The molecule has 0 bridgehead atoms. The lowest BCUT2D eigenvalue weighted by Gasteiger charge is -2.09. The molecule has 3 nitrogen and oxygen atoms in total. The van der Waals surface area contributed by atoms with Gasteiger partial charge in [0.05, 0.1) is 18.5 Å². The minimum Gasteiger partial charge on any atom is -0.469 e. The number of esters is 1. The molecule has 0 saturated carbocycles. The van der Waals surface area contributed by atoms with Gasteiger partial charge in [0.25, 0.3) is 0 Å². The molecular formula is C14H13F2NO2. The van der Waals surface area contributed by atoms with Crippen LogP contribution in [0, 0.1) is 17.6 Å². The average Bonchev–Trinajstić information content (AvgIpc) is 2.39. The molecular weight excluding hydrogens is 252 g/mol. The fraction of sp³-hybridized carbons (Fsp3) is 0.286. The molecule has 0 aliphatic heterocycles. The van der Waals surface area contributed by atoms with E-state index in [1.54, 1.807) is 19.1 Å². The number of hydrogen-bond acceptors (Lipinski definition) is 3. The van der Waals surface area contributed by atoms with E-state index in [0.29, 0.717) is 23.0 Å². The van der Waals surface area contributed by atoms with Crippen molar-refractivity contribution >= 4 is 16.9 Å². The molecule has 100 valence electrons. The summed E-state index contributed by atoms with van der Waals surface area (Å²) in [7, 11) is 1.32. The van der Waals surface area contributed by atoms with E-state index in [0.717, 1.165) is 12.1 Å². The summed E-state index contributed by atoms with van der Waals surface area (Å²) in [6.07, 6.45) is 0.390. The number of rotatable bonds is 3. The smallest absolute Gasteiger partial charge is 0.308 e. The van der Waals surface area contributed by atoms with Crippen LogP contribution in [0.3, 0.4) is 0 Å². The molecule has 0 radical (unpaired) electrons. The summed E-state index contributed by atoms with van der Waals surface area (Å²) >= 11 is 0. The highest BCUT2D eigenvalue weighted by Crippen LogP contribution is 2.18. The lowest BCUT2D eigenvalue weighted by Crippen LogP contribution is -2.15. The highest BCUT2D eigenvalue weighted by atomic mass is 19.2. The van der Waals surface area contributed by atoms with E-state index in [-0.39, 0.29) is 11.9 Å². The van der Waals surface area contributed by atoms with Crippen LogP contribution < -0.4 is 0 Å². The van der Waals surface area contributed by atoms with Crippen molar-refractivity contribution in [3.8, 4) is 0 Å². The molecule has 1 unspecified atom stereocenters. The number of nitrogens with zero attached hydrogens (tertiary/aromatic N) is 1. The Hall–Kier alpha value is -2.04. The van der Waals surface area contributed by atoms with Gasteiger partial charge < -0.3 is 4.74 Å². The molecule has 1 heterocycles. The van der Waals surface area contributed by atoms with E-state index in [4.69, 9.17) is 0 Å². The molecule has 0 amide bonds. The van der Waals surface area contributed by atoms with Crippen LogP contribution in [0.1, 0.15) is 12.6 Å². The fourth-order valence-corrected chi connectivity index (χ4v) is 1.87. The molecule has 0 aliphatic rings. The third-order valence-corrected chi connectivity index (χ3v) is 2.91. The molecule has 0 spiro atoms. The Morgan fingerprint density at radius 3 is 2.68 bits per heavy atom. The van der Waals surface area contributed by atoms with Crippen molar-refractivity contribution in [2.45, 2.75) is 13.3 Å². The van der Waals surface area contributed by atoms with Crippen LogP contribution in [-0.4, -0.2) is 18.1 Å². The van der Waals surface area contributed by atoms with E-state index in [1.807, 2.05) is 0 Å². The first-order valence-corrected chi connectivity index (χ1v) is 5.83. The molecule has 1 aromatic carbocycles. The number of carbonyl (C=O) groups is 1. The minimum absolute atomic E-state index is 0.327. The van der Waals surface area contributed by atoms with Gasteiger partial charge in [0.15, 0.2) is 11.6 Å². The standard InChI is InChI=1S/C14H13F2NO2/c1-8(14(18)19-2)5-10-4-3-9-6-11(15)12(16)7-13(9)17-10/h3-4,6-8H,5H2,1-2H3. The number of methoxy groups -OCH3 is 1. The molecule has 0 N–H and O–H groups in total. The minimum atomic E-state index is -0.932. The number of carbonyl (C=O) groups excluding carboxylic acids is 1. The zero-order chi connectivity index (χ0) is 14.0. The largest absolute Gasteiger partial charge is 0.469 e. The average molecular weight is 265 g/mol. The van der Waals surface area contributed by atoms with Gasteiger partial charge >= 0.3 is 5.97 Å². The topological polar surface area (TPSA) is 39.2 Å². The summed E-state index contributed by atoms with van der Waals surface area (Å²) in [5, 5.41) is 0.522. The Kier molecular flexibility index (Phi) is 3.74. The summed E-state index contributed by atoms with van der Waals surface area (Å²) < 4.78 is 30.8. The van der Waals surface area contributed by atoms with E-state index in [9.17, 15) is 13.6 Å². The van der Waals surface area contributed by atoms with E-state index < -0.39 is 11.6 Å². The van der Waals surface area contributed by atoms with Crippen molar-refractivity contribution in [1.82, 2.24) is 4.98 Å². The van der Waals surface area contributed by atoms with Crippen LogP contribution >= 0.6 is 0 Å². The van der Waals surface area contributed by atoms with Crippen molar-refractivity contribution in [3.63, 3.8) is 0 Å². The van der Waals surface area contributed by atoms with Gasteiger partial charge in [-0.25, -0.2) is 8.78 Å². The maximum Gasteiger partial charge on any atom is 0.308 e. The van der Waals surface area contributed by atoms with Crippen LogP contribution in [0.5, 0.6) is 0 Å². The van der Waals surface area contributed by atoms with E-state index in [2.05, 4.69) is 9.72 Å². The van der Waals surface area contributed by atoms with Gasteiger partial charge in [-0.05, 0) is 12.1 Å². The highest BCUT2D eigenvalue weighted by Gasteiger charge is 2.15. The lowest BCUT2D eigenvalue weighted by atomic mass is 10.0. The van der Waals surface area contributed by atoms with E-state index in [1.165, 1.54) is 7.11 Å². The van der Waals surface area contributed by atoms with Gasteiger partial charge in [-0.1, -0.05) is 13.0 Å². The van der Waals surface area contributed by atoms with Crippen molar-refractivity contribution in [1.29, 1.82) is 0 Å². The van der Waals surface area contributed by atoms with Crippen LogP contribution in [0.2, 0.25) is 0 Å². The van der Waals surface area contributed by atoms with Gasteiger partial charge in [0, 0.05) is 23.6 Å². The number of benzene rings is 1. The quantitative estimate of drug-likeness (QED) is 0.801. The van der Waals surface area contributed by atoms with Crippen molar-refractivity contribution in [2.24, 2.45) is 5.92 Å². The third-order valence-electron chi connectivity index (χ3n) is 2.91. The molecule has 1 aromatic heterocycles. The Bertz CT molecular complexity index is 628. The normalized spacial score (nSPS) is 12.4. The maximum absolute atomic E-state index is 13.1. The molecule has 1 atom stereocenters. The Morgan fingerprint density at radius 1 is 1.32 bits per heavy atom. The predicted octanol–water partition coefficient (Wildman–Crippen LogP) is 2.86. The van der Waals surface area contributed by atoms with E-state index >= 15 is 0 Å². The van der Waals surface area contributed by atoms with Gasteiger partial charge in [0.2, 0.25) is 0 Å². The lowest BCUT2D eigenvalue weighted by molar-refractivity contribution is -0.144. The summed E-state index contributed by atoms with van der Waals surface area (Å²) in [5.74, 6) is -2.49. The number of halogens is 2. The van der Waals surface area contributed by atoms with Gasteiger partial charge in [-0.3, -0.25) is 9.78 Å². The predicted molar refractivity (Wildman–Crippen MR) is 66.5 cm³/mol. The SMILES string of the molecule is COC(=O)C(C)Cc1ccc2cc(F)c(F)cc2n1. The maximum atomic E-state index is 13.1. The first-order valence-electron chi connectivity index (χ1n) is 5.83. The zero-order valence-electron chi connectivity index (χ0n) is 10.6. The first-order chi connectivity index (χ1) is 9.01. The summed E-state index contributed by atoms with van der Waals surface area (Å²) in [6.45, 7) is 1.73. The third kappa shape index (κ3) is 2.86. The Morgan fingerprint density at radius 2 is 2.00 bits per heavy atom. The number of fused-ring (bicyclic) bond motifs is 1. The van der Waals surface area contributed by atoms with Crippen LogP contribution in [-0.2, 0) is 16.0 Å². The summed E-state index contributed by atoms with van der Waals surface area (Å²) in [6, 6.07) is 5.51. The second-order valence-corrected chi connectivity index (χ2v) is 4.39. The highest BCUT2D eigenvalue weighted by molar-refractivity contribution is 5.79. The second kappa shape index (κ2) is 5.30. The molecule has 0 fully saturated rings. The van der Waals surface area contributed by atoms with Gasteiger partial charge in [-0.15, -0.1) is 0 Å². The first kappa shape index (κ1) is 13.4. The van der Waals surface area contributed by atoms with Crippen LogP contribution in [0.15, 0.2) is 24.3 Å². The number of aromatic nitrogens is 1. The van der Waals surface area contributed by atoms with Crippen molar-refractivity contribution in [2.75, 3.05) is 7.11 Å². The Balaban J connectivity index is 2.31. The zero-order valence-corrected chi connectivity index (χ0v) is 10.6. The molecule has 0 saturated heterocycles. The fourth-order valence-electron chi connectivity index (χ4n) is 1.87. The molecule has 2 rings (SSSR count).